The van der Waals surface area contributed by atoms with Crippen molar-refractivity contribution in [3.8, 4) is 0 Å². The molecule has 4 heteroatoms. The van der Waals surface area contributed by atoms with E-state index in [1.807, 2.05) is 19.1 Å². The van der Waals surface area contributed by atoms with Crippen LogP contribution in [0.3, 0.4) is 0 Å². The molecule has 98 valence electrons. The van der Waals surface area contributed by atoms with E-state index in [0.717, 1.165) is 0 Å². The third kappa shape index (κ3) is 1.89. The Morgan fingerprint density at radius 3 is 2.74 bits per heavy atom. The molecule has 0 spiro atoms. The predicted octanol–water partition coefficient (Wildman–Crippen LogP) is 3.04. The highest BCUT2D eigenvalue weighted by molar-refractivity contribution is 6.31. The van der Waals surface area contributed by atoms with Crippen LogP contribution in [0.15, 0.2) is 36.4 Å². The lowest BCUT2D eigenvalue weighted by Gasteiger charge is -2.22. The van der Waals surface area contributed by atoms with Crippen molar-refractivity contribution < 1.29 is 9.59 Å². The first-order valence-corrected chi connectivity index (χ1v) is 6.77. The zero-order chi connectivity index (χ0) is 13.6. The monoisotopic (exact) mass is 275 g/mol. The Labute approximate surface area is 116 Å². The lowest BCUT2D eigenvalue weighted by atomic mass is 9.78. The van der Waals surface area contributed by atoms with Gasteiger partial charge in [0, 0.05) is 5.02 Å². The van der Waals surface area contributed by atoms with Crippen molar-refractivity contribution in [2.45, 2.75) is 13.3 Å². The number of imide groups is 1. The highest BCUT2D eigenvalue weighted by Gasteiger charge is 2.50. The van der Waals surface area contributed by atoms with E-state index in [2.05, 4.69) is 0 Å². The van der Waals surface area contributed by atoms with Gasteiger partial charge in [-0.1, -0.05) is 36.7 Å². The third-order valence-corrected chi connectivity index (χ3v) is 4.17. The summed E-state index contributed by atoms with van der Waals surface area (Å²) in [6.07, 6.45) is 4.67. The molecule has 2 aliphatic rings. The van der Waals surface area contributed by atoms with Crippen LogP contribution in [0.2, 0.25) is 5.02 Å². The Bertz CT molecular complexity index is 581. The largest absolute Gasteiger partial charge is 0.274 e. The van der Waals surface area contributed by atoms with E-state index in [1.54, 1.807) is 24.3 Å². The van der Waals surface area contributed by atoms with Gasteiger partial charge < -0.3 is 0 Å². The number of rotatable bonds is 1. The Balaban J connectivity index is 2.01. The van der Waals surface area contributed by atoms with Gasteiger partial charge >= 0.3 is 0 Å². The Morgan fingerprint density at radius 2 is 2.05 bits per heavy atom. The fourth-order valence-corrected chi connectivity index (χ4v) is 3.20. The molecule has 3 rings (SSSR count). The van der Waals surface area contributed by atoms with Gasteiger partial charge in [0.1, 0.15) is 0 Å². The summed E-state index contributed by atoms with van der Waals surface area (Å²) in [6.45, 7) is 1.99. The van der Waals surface area contributed by atoms with Crippen molar-refractivity contribution in [3.63, 3.8) is 0 Å². The summed E-state index contributed by atoms with van der Waals surface area (Å²) < 4.78 is 0. The molecule has 1 saturated heterocycles. The molecule has 2 amide bonds. The van der Waals surface area contributed by atoms with E-state index < -0.39 is 0 Å². The number of anilines is 1. The van der Waals surface area contributed by atoms with Crippen LogP contribution in [-0.4, -0.2) is 11.8 Å². The van der Waals surface area contributed by atoms with Gasteiger partial charge in [-0.2, -0.15) is 0 Å². The first-order valence-electron chi connectivity index (χ1n) is 6.39. The number of fused-ring (bicyclic) bond motifs is 1. The van der Waals surface area contributed by atoms with Gasteiger partial charge in [-0.3, -0.25) is 9.59 Å². The summed E-state index contributed by atoms with van der Waals surface area (Å²) in [7, 11) is 0. The minimum absolute atomic E-state index is 0.103. The number of hydrogen-bond donors (Lipinski definition) is 0. The molecule has 0 radical (unpaired) electrons. The van der Waals surface area contributed by atoms with Crippen LogP contribution in [0.4, 0.5) is 5.69 Å². The first-order chi connectivity index (χ1) is 9.09. The van der Waals surface area contributed by atoms with Crippen LogP contribution in [0, 0.1) is 17.8 Å². The third-order valence-electron chi connectivity index (χ3n) is 3.94. The molecule has 1 aromatic carbocycles. The highest BCUT2D eigenvalue weighted by atomic mass is 35.5. The standard InChI is InChI=1S/C15H14ClNO2/c1-9-4-2-7-12-13(9)15(19)17(14(12)18)11-6-3-5-10(16)8-11/h2-6,8-9,12-13H,7H2,1H3/t9-,12+,13+/m1/s1. The average Bonchev–Trinajstić information content (AvgIpc) is 2.63. The lowest BCUT2D eigenvalue weighted by Crippen LogP contribution is -2.31. The number of amides is 2. The number of nitrogens with zero attached hydrogens (tertiary/aromatic N) is 1. The molecule has 0 unspecified atom stereocenters. The Hall–Kier alpha value is -1.61. The summed E-state index contributed by atoms with van der Waals surface area (Å²) in [5.74, 6) is -0.537. The van der Waals surface area contributed by atoms with Gasteiger partial charge in [0.15, 0.2) is 0 Å². The second-order valence-electron chi connectivity index (χ2n) is 5.15. The average molecular weight is 276 g/mol. The molecule has 1 fully saturated rings. The normalized spacial score (nSPS) is 29.8. The van der Waals surface area contributed by atoms with Crippen molar-refractivity contribution in [2.24, 2.45) is 17.8 Å². The minimum atomic E-state index is -0.225. The smallest absolute Gasteiger partial charge is 0.238 e. The number of benzene rings is 1. The molecule has 0 bridgehead atoms. The molecular weight excluding hydrogens is 262 g/mol. The van der Waals surface area contributed by atoms with Gasteiger partial charge in [0.25, 0.3) is 0 Å². The maximum Gasteiger partial charge on any atom is 0.238 e. The first kappa shape index (κ1) is 12.4. The van der Waals surface area contributed by atoms with Gasteiger partial charge in [-0.25, -0.2) is 4.90 Å². The zero-order valence-corrected chi connectivity index (χ0v) is 11.3. The van der Waals surface area contributed by atoms with Crippen molar-refractivity contribution in [3.05, 3.63) is 41.4 Å². The number of halogens is 1. The quantitative estimate of drug-likeness (QED) is 0.583. The van der Waals surface area contributed by atoms with E-state index in [4.69, 9.17) is 11.6 Å². The molecule has 1 aromatic rings. The Morgan fingerprint density at radius 1 is 1.26 bits per heavy atom. The molecule has 1 aliphatic heterocycles. The van der Waals surface area contributed by atoms with E-state index in [-0.39, 0.29) is 29.6 Å². The lowest BCUT2D eigenvalue weighted by molar-refractivity contribution is -0.122. The van der Waals surface area contributed by atoms with Crippen molar-refractivity contribution in [2.75, 3.05) is 4.90 Å². The molecule has 1 aliphatic carbocycles. The van der Waals surface area contributed by atoms with E-state index in [9.17, 15) is 9.59 Å². The van der Waals surface area contributed by atoms with Crippen LogP contribution >= 0.6 is 11.6 Å². The van der Waals surface area contributed by atoms with Gasteiger partial charge in [0.2, 0.25) is 11.8 Å². The van der Waals surface area contributed by atoms with Crippen LogP contribution in [0.5, 0.6) is 0 Å². The SMILES string of the molecule is C[C@@H]1C=CC[C@@H]2C(=O)N(c3cccc(Cl)c3)C(=O)[C@@H]12. The van der Waals surface area contributed by atoms with E-state index >= 15 is 0 Å². The maximum atomic E-state index is 12.5. The van der Waals surface area contributed by atoms with Crippen molar-refractivity contribution in [1.29, 1.82) is 0 Å². The molecule has 0 saturated carbocycles. The molecule has 19 heavy (non-hydrogen) atoms. The molecule has 3 atom stereocenters. The summed E-state index contributed by atoms with van der Waals surface area (Å²) >= 11 is 5.94. The van der Waals surface area contributed by atoms with E-state index in [0.29, 0.717) is 17.1 Å². The topological polar surface area (TPSA) is 37.4 Å². The van der Waals surface area contributed by atoms with Crippen molar-refractivity contribution >= 4 is 29.1 Å². The van der Waals surface area contributed by atoms with E-state index in [1.165, 1.54) is 4.90 Å². The molecular formula is C15H14ClNO2. The summed E-state index contributed by atoms with van der Waals surface area (Å²) in [6, 6.07) is 6.89. The Kier molecular flexibility index (Phi) is 2.94. The number of carbonyl (C=O) groups is 2. The molecule has 0 N–H and O–H groups in total. The summed E-state index contributed by atoms with van der Waals surface area (Å²) in [4.78, 5) is 26.2. The second-order valence-corrected chi connectivity index (χ2v) is 5.58. The van der Waals surface area contributed by atoms with Gasteiger partial charge in [-0.15, -0.1) is 0 Å². The minimum Gasteiger partial charge on any atom is -0.274 e. The summed E-state index contributed by atoms with van der Waals surface area (Å²) in [5, 5.41) is 0.527. The fraction of sp³-hybridized carbons (Fsp3) is 0.333. The number of carbonyl (C=O) groups excluding carboxylic acids is 2. The highest BCUT2D eigenvalue weighted by Crippen LogP contribution is 2.40. The second kappa shape index (κ2) is 4.49. The molecule has 0 aromatic heterocycles. The van der Waals surface area contributed by atoms with Gasteiger partial charge in [0.05, 0.1) is 17.5 Å². The number of allylic oxidation sites excluding steroid dienone is 2. The predicted molar refractivity (Wildman–Crippen MR) is 73.8 cm³/mol. The molecule has 3 nitrogen and oxygen atoms in total. The molecule has 1 heterocycles. The van der Waals surface area contributed by atoms with Gasteiger partial charge in [-0.05, 0) is 30.5 Å². The zero-order valence-electron chi connectivity index (χ0n) is 10.5. The fourth-order valence-electron chi connectivity index (χ4n) is 3.02. The maximum absolute atomic E-state index is 12.5. The van der Waals surface area contributed by atoms with Crippen molar-refractivity contribution in [1.82, 2.24) is 0 Å². The number of hydrogen-bond acceptors (Lipinski definition) is 2. The van der Waals surface area contributed by atoms with Crippen LogP contribution in [-0.2, 0) is 9.59 Å². The van der Waals surface area contributed by atoms with Crippen LogP contribution in [0.25, 0.3) is 0 Å². The van der Waals surface area contributed by atoms with Crippen LogP contribution < -0.4 is 4.90 Å². The van der Waals surface area contributed by atoms with Crippen LogP contribution in [0.1, 0.15) is 13.3 Å². The summed E-state index contributed by atoms with van der Waals surface area (Å²) in [5.41, 5.74) is 0.573.